The average Bonchev–Trinajstić information content (AvgIpc) is 3.00. The number of aryl methyl sites for hydroxylation is 1. The van der Waals surface area contributed by atoms with Crippen LogP contribution in [0.5, 0.6) is 0 Å². The molecule has 21 heavy (non-hydrogen) atoms. The quantitative estimate of drug-likeness (QED) is 0.689. The predicted molar refractivity (Wildman–Crippen MR) is 80.6 cm³/mol. The van der Waals surface area contributed by atoms with Gasteiger partial charge in [-0.25, -0.2) is 0 Å². The number of rotatable bonds is 4. The van der Waals surface area contributed by atoms with E-state index in [1.165, 1.54) is 11.0 Å². The molecule has 1 aromatic heterocycles. The molecule has 3 aromatic rings. The molecule has 1 heterocycles. The van der Waals surface area contributed by atoms with E-state index < -0.39 is 0 Å². The summed E-state index contributed by atoms with van der Waals surface area (Å²) in [6.07, 6.45) is 1.87. The van der Waals surface area contributed by atoms with Crippen LogP contribution in [0.25, 0.3) is 5.69 Å². The zero-order valence-corrected chi connectivity index (χ0v) is 11.7. The van der Waals surface area contributed by atoms with E-state index in [1.807, 2.05) is 61.5 Å². The molecule has 0 bridgehead atoms. The fraction of sp³-hybridized carbons (Fsp3) is 0.118. The molecule has 0 saturated heterocycles. The Hall–Kier alpha value is -2.75. The molecule has 0 aliphatic carbocycles. The van der Waals surface area contributed by atoms with Crippen LogP contribution in [0.15, 0.2) is 60.8 Å². The molecule has 0 saturated carbocycles. The van der Waals surface area contributed by atoms with Gasteiger partial charge in [0.15, 0.2) is 5.78 Å². The number of hydrogen-bond donors (Lipinski definition) is 0. The summed E-state index contributed by atoms with van der Waals surface area (Å²) >= 11 is 0. The Kier molecular flexibility index (Phi) is 3.60. The monoisotopic (exact) mass is 277 g/mol. The lowest BCUT2D eigenvalue weighted by molar-refractivity contribution is 0.0987. The highest BCUT2D eigenvalue weighted by atomic mass is 16.1. The van der Waals surface area contributed by atoms with E-state index in [9.17, 15) is 4.79 Å². The first-order valence-corrected chi connectivity index (χ1v) is 6.79. The third-order valence-corrected chi connectivity index (χ3v) is 3.38. The standard InChI is InChI=1S/C17H15N3O/c1-13-7-5-6-8-14(13)11-17(21)16-12-18-20(19-16)15-9-3-2-4-10-15/h2-10,12H,11H2,1H3. The van der Waals surface area contributed by atoms with Crippen LogP contribution in [0.2, 0.25) is 0 Å². The first-order valence-electron chi connectivity index (χ1n) is 6.79. The third-order valence-electron chi connectivity index (χ3n) is 3.38. The van der Waals surface area contributed by atoms with Gasteiger partial charge in [-0.3, -0.25) is 4.79 Å². The molecule has 4 heteroatoms. The van der Waals surface area contributed by atoms with Crippen LogP contribution >= 0.6 is 0 Å². The van der Waals surface area contributed by atoms with E-state index in [0.29, 0.717) is 12.1 Å². The van der Waals surface area contributed by atoms with Crippen LogP contribution in [0.3, 0.4) is 0 Å². The lowest BCUT2D eigenvalue weighted by Gasteiger charge is -2.02. The van der Waals surface area contributed by atoms with Gasteiger partial charge in [-0.2, -0.15) is 9.90 Å². The van der Waals surface area contributed by atoms with Crippen LogP contribution in [-0.4, -0.2) is 20.8 Å². The molecular formula is C17H15N3O. The van der Waals surface area contributed by atoms with Gasteiger partial charge in [-0.1, -0.05) is 42.5 Å². The van der Waals surface area contributed by atoms with E-state index in [-0.39, 0.29) is 5.78 Å². The van der Waals surface area contributed by atoms with Gasteiger partial charge in [0.1, 0.15) is 5.69 Å². The molecule has 0 aliphatic heterocycles. The summed E-state index contributed by atoms with van der Waals surface area (Å²) in [4.78, 5) is 13.8. The molecule has 0 aliphatic rings. The van der Waals surface area contributed by atoms with Gasteiger partial charge in [0.25, 0.3) is 0 Å². The second-order valence-corrected chi connectivity index (χ2v) is 4.88. The van der Waals surface area contributed by atoms with Crippen molar-refractivity contribution >= 4 is 5.78 Å². The highest BCUT2D eigenvalue weighted by Crippen LogP contribution is 2.11. The molecular weight excluding hydrogens is 262 g/mol. The number of carbonyl (C=O) groups excluding carboxylic acids is 1. The number of aromatic nitrogens is 3. The molecule has 0 fully saturated rings. The Morgan fingerprint density at radius 1 is 1.05 bits per heavy atom. The highest BCUT2D eigenvalue weighted by molar-refractivity contribution is 5.95. The van der Waals surface area contributed by atoms with Gasteiger partial charge in [0, 0.05) is 6.42 Å². The largest absolute Gasteiger partial charge is 0.292 e. The summed E-state index contributed by atoms with van der Waals surface area (Å²) < 4.78 is 0. The summed E-state index contributed by atoms with van der Waals surface area (Å²) in [5.41, 5.74) is 3.37. The maximum atomic E-state index is 12.3. The Labute approximate surface area is 123 Å². The fourth-order valence-electron chi connectivity index (χ4n) is 2.15. The number of carbonyl (C=O) groups is 1. The van der Waals surface area contributed by atoms with Crippen molar-refractivity contribution in [3.63, 3.8) is 0 Å². The number of benzene rings is 2. The Bertz CT molecular complexity index is 762. The van der Waals surface area contributed by atoms with Crippen molar-refractivity contribution < 1.29 is 4.79 Å². The lowest BCUT2D eigenvalue weighted by atomic mass is 10.0. The fourth-order valence-corrected chi connectivity index (χ4v) is 2.15. The van der Waals surface area contributed by atoms with Crippen LogP contribution in [0.4, 0.5) is 0 Å². The predicted octanol–water partition coefficient (Wildman–Crippen LogP) is 3.00. The summed E-state index contributed by atoms with van der Waals surface area (Å²) in [6, 6.07) is 17.4. The topological polar surface area (TPSA) is 47.8 Å². The third kappa shape index (κ3) is 2.89. The van der Waals surface area contributed by atoms with Crippen molar-refractivity contribution in [1.82, 2.24) is 15.0 Å². The number of nitrogens with zero attached hydrogens (tertiary/aromatic N) is 3. The van der Waals surface area contributed by atoms with E-state index >= 15 is 0 Å². The summed E-state index contributed by atoms with van der Waals surface area (Å²) in [7, 11) is 0. The van der Waals surface area contributed by atoms with E-state index in [4.69, 9.17) is 0 Å². The molecule has 0 N–H and O–H groups in total. The van der Waals surface area contributed by atoms with Crippen LogP contribution in [0.1, 0.15) is 21.6 Å². The van der Waals surface area contributed by atoms with Gasteiger partial charge in [-0.15, -0.1) is 5.10 Å². The van der Waals surface area contributed by atoms with Crippen molar-refractivity contribution in [2.75, 3.05) is 0 Å². The molecule has 104 valence electrons. The molecule has 0 atom stereocenters. The number of Topliss-reactive ketones (excluding diaryl/α,β-unsaturated/α-hetero) is 1. The zero-order chi connectivity index (χ0) is 14.7. The summed E-state index contributed by atoms with van der Waals surface area (Å²) in [6.45, 7) is 2.00. The SMILES string of the molecule is Cc1ccccc1CC(=O)c1cnn(-c2ccccc2)n1. The van der Waals surface area contributed by atoms with Gasteiger partial charge in [-0.05, 0) is 30.2 Å². The second kappa shape index (κ2) is 5.71. The molecule has 0 spiro atoms. The zero-order valence-electron chi connectivity index (χ0n) is 11.7. The van der Waals surface area contributed by atoms with Crippen molar-refractivity contribution in [2.24, 2.45) is 0 Å². The highest BCUT2D eigenvalue weighted by Gasteiger charge is 2.13. The first-order chi connectivity index (χ1) is 10.2. The van der Waals surface area contributed by atoms with Gasteiger partial charge < -0.3 is 0 Å². The summed E-state index contributed by atoms with van der Waals surface area (Å²) in [5, 5.41) is 8.42. The number of ketones is 1. The molecule has 4 nitrogen and oxygen atoms in total. The van der Waals surface area contributed by atoms with Crippen molar-refractivity contribution in [2.45, 2.75) is 13.3 Å². The molecule has 0 radical (unpaired) electrons. The van der Waals surface area contributed by atoms with Gasteiger partial charge >= 0.3 is 0 Å². The van der Waals surface area contributed by atoms with Crippen molar-refractivity contribution in [3.8, 4) is 5.69 Å². The minimum Gasteiger partial charge on any atom is -0.292 e. The van der Waals surface area contributed by atoms with Crippen LogP contribution < -0.4 is 0 Å². The number of hydrogen-bond acceptors (Lipinski definition) is 3. The van der Waals surface area contributed by atoms with Gasteiger partial charge in [0.05, 0.1) is 11.9 Å². The van der Waals surface area contributed by atoms with Crippen molar-refractivity contribution in [3.05, 3.63) is 77.6 Å². The summed E-state index contributed by atoms with van der Waals surface area (Å²) in [5.74, 6) is -0.0218. The van der Waals surface area contributed by atoms with E-state index in [2.05, 4.69) is 10.2 Å². The van der Waals surface area contributed by atoms with Gasteiger partial charge in [0.2, 0.25) is 0 Å². The Morgan fingerprint density at radius 3 is 2.52 bits per heavy atom. The first kappa shape index (κ1) is 13.2. The second-order valence-electron chi connectivity index (χ2n) is 4.88. The maximum Gasteiger partial charge on any atom is 0.189 e. The number of para-hydroxylation sites is 1. The van der Waals surface area contributed by atoms with Crippen LogP contribution in [-0.2, 0) is 6.42 Å². The minimum atomic E-state index is -0.0218. The lowest BCUT2D eigenvalue weighted by Crippen LogP contribution is -2.07. The smallest absolute Gasteiger partial charge is 0.189 e. The van der Waals surface area contributed by atoms with E-state index in [0.717, 1.165) is 16.8 Å². The molecule has 2 aromatic carbocycles. The maximum absolute atomic E-state index is 12.3. The molecule has 3 rings (SSSR count). The average molecular weight is 277 g/mol. The Morgan fingerprint density at radius 2 is 1.76 bits per heavy atom. The Balaban J connectivity index is 1.80. The molecule has 0 amide bonds. The minimum absolute atomic E-state index is 0.0218. The normalized spacial score (nSPS) is 10.5. The van der Waals surface area contributed by atoms with Crippen LogP contribution in [0, 0.1) is 6.92 Å². The van der Waals surface area contributed by atoms with E-state index in [1.54, 1.807) is 0 Å². The molecule has 0 unspecified atom stereocenters. The van der Waals surface area contributed by atoms with Crippen molar-refractivity contribution in [1.29, 1.82) is 0 Å².